The number of anilines is 2. The van der Waals surface area contributed by atoms with Crippen LogP contribution < -0.4 is 9.80 Å². The summed E-state index contributed by atoms with van der Waals surface area (Å²) in [5.74, 6) is 0.322. The maximum Gasteiger partial charge on any atom is 0.391 e. The average Bonchev–Trinajstić information content (AvgIpc) is 3.08. The van der Waals surface area contributed by atoms with Crippen molar-refractivity contribution in [1.29, 1.82) is 0 Å². The topological polar surface area (TPSA) is 66.2 Å². The highest BCUT2D eigenvalue weighted by Crippen LogP contribution is 2.46. The predicted molar refractivity (Wildman–Crippen MR) is 132 cm³/mol. The number of hydrogen-bond acceptors (Lipinski definition) is 7. The Kier molecular flexibility index (Phi) is 5.23. The SMILES string of the molecule is Cc1nc(N2CC3(C2)CN(c2nnc4n2-c2ccc(Cl)cc2CN(C2CC(C(F)(F)F)C2)C4)C3)ncc1F. The maximum atomic E-state index is 13.6. The van der Waals surface area contributed by atoms with Gasteiger partial charge in [0.05, 0.1) is 30.0 Å². The highest BCUT2D eigenvalue weighted by atomic mass is 35.5. The number of alkyl halides is 3. The van der Waals surface area contributed by atoms with Crippen LogP contribution in [-0.2, 0) is 13.1 Å². The minimum absolute atomic E-state index is 0.0795. The van der Waals surface area contributed by atoms with E-state index < -0.39 is 17.9 Å². The molecule has 3 fully saturated rings. The van der Waals surface area contributed by atoms with E-state index in [-0.39, 0.29) is 24.3 Å². The summed E-state index contributed by atoms with van der Waals surface area (Å²) in [6.07, 6.45) is -2.74. The van der Waals surface area contributed by atoms with Gasteiger partial charge in [-0.3, -0.25) is 9.47 Å². The number of halogens is 5. The number of hydrogen-bond donors (Lipinski definition) is 0. The van der Waals surface area contributed by atoms with Gasteiger partial charge in [0.15, 0.2) is 11.6 Å². The second-order valence-corrected chi connectivity index (χ2v) is 11.5. The Hall–Kier alpha value is -2.99. The van der Waals surface area contributed by atoms with Crippen LogP contribution in [0.4, 0.5) is 29.5 Å². The number of rotatable bonds is 3. The quantitative estimate of drug-likeness (QED) is 0.456. The van der Waals surface area contributed by atoms with Crippen LogP contribution in [0, 0.1) is 24.1 Å². The highest BCUT2D eigenvalue weighted by molar-refractivity contribution is 6.30. The van der Waals surface area contributed by atoms with Gasteiger partial charge < -0.3 is 9.80 Å². The zero-order chi connectivity index (χ0) is 26.4. The molecule has 0 radical (unpaired) electrons. The number of nitrogens with zero attached hydrogens (tertiary/aromatic N) is 8. The summed E-state index contributed by atoms with van der Waals surface area (Å²) in [5.41, 5.74) is 2.27. The second-order valence-electron chi connectivity index (χ2n) is 11.1. The van der Waals surface area contributed by atoms with Gasteiger partial charge in [0.25, 0.3) is 0 Å². The van der Waals surface area contributed by atoms with Crippen LogP contribution in [0.25, 0.3) is 5.69 Å². The van der Waals surface area contributed by atoms with Crippen molar-refractivity contribution >= 4 is 23.5 Å². The highest BCUT2D eigenvalue weighted by Gasteiger charge is 2.54. The minimum atomic E-state index is -4.15. The van der Waals surface area contributed by atoms with Crippen molar-refractivity contribution in [2.45, 2.75) is 45.1 Å². The largest absolute Gasteiger partial charge is 0.391 e. The molecule has 3 aliphatic heterocycles. The molecule has 1 aromatic carbocycles. The van der Waals surface area contributed by atoms with E-state index in [2.05, 4.69) is 34.9 Å². The van der Waals surface area contributed by atoms with Crippen molar-refractivity contribution in [3.8, 4) is 5.69 Å². The van der Waals surface area contributed by atoms with Crippen molar-refractivity contribution in [2.75, 3.05) is 36.0 Å². The minimum Gasteiger partial charge on any atom is -0.339 e. The Balaban J connectivity index is 1.10. The number of aryl methyl sites for hydroxylation is 1. The van der Waals surface area contributed by atoms with Crippen molar-refractivity contribution < 1.29 is 17.6 Å². The summed E-state index contributed by atoms with van der Waals surface area (Å²) >= 11 is 6.32. The number of aromatic nitrogens is 5. The fraction of sp³-hybridized carbons (Fsp3) is 0.520. The Morgan fingerprint density at radius 2 is 1.76 bits per heavy atom. The van der Waals surface area contributed by atoms with E-state index in [0.29, 0.717) is 35.6 Å². The molecule has 0 amide bonds. The molecular formula is C25H25ClF4N8. The van der Waals surface area contributed by atoms with Crippen LogP contribution in [0.3, 0.4) is 0 Å². The van der Waals surface area contributed by atoms with Crippen LogP contribution in [0.15, 0.2) is 24.4 Å². The standard InChI is InChI=1S/C25H25ClF4N8/c1-14-19(27)7-31-22(32-14)36-10-24(11-36)12-37(13-24)23-34-33-21-9-35(18-5-16(6-18)25(28,29)30)8-15-4-17(26)2-3-20(15)38(21)23/h2-4,7,16,18H,5-6,8-13H2,1H3. The predicted octanol–water partition coefficient (Wildman–Crippen LogP) is 4.14. The van der Waals surface area contributed by atoms with Gasteiger partial charge >= 0.3 is 6.18 Å². The molecule has 0 unspecified atom stereocenters. The Labute approximate surface area is 221 Å². The van der Waals surface area contributed by atoms with E-state index in [1.807, 2.05) is 22.8 Å². The van der Waals surface area contributed by atoms with Gasteiger partial charge in [-0.2, -0.15) is 13.2 Å². The molecule has 4 aliphatic rings. The summed E-state index contributed by atoms with van der Waals surface area (Å²) in [6.45, 7) is 5.67. The van der Waals surface area contributed by atoms with E-state index in [1.54, 1.807) is 6.92 Å². The van der Waals surface area contributed by atoms with Gasteiger partial charge in [0.2, 0.25) is 11.9 Å². The number of benzene rings is 1. The first-order valence-corrected chi connectivity index (χ1v) is 13.0. The summed E-state index contributed by atoms with van der Waals surface area (Å²) in [7, 11) is 0. The van der Waals surface area contributed by atoms with E-state index in [0.717, 1.165) is 43.4 Å². The van der Waals surface area contributed by atoms with Gasteiger partial charge in [-0.15, -0.1) is 10.2 Å². The first-order valence-electron chi connectivity index (χ1n) is 12.6. The third kappa shape index (κ3) is 3.83. The Morgan fingerprint density at radius 1 is 1.03 bits per heavy atom. The lowest BCUT2D eigenvalue weighted by molar-refractivity contribution is -0.207. The van der Waals surface area contributed by atoms with Crippen LogP contribution in [0.1, 0.15) is 29.9 Å². The molecule has 1 saturated carbocycles. The van der Waals surface area contributed by atoms with Crippen molar-refractivity contribution in [2.24, 2.45) is 11.3 Å². The molecule has 13 heteroatoms. The molecule has 38 heavy (non-hydrogen) atoms. The molecule has 3 aromatic rings. The summed E-state index contributed by atoms with van der Waals surface area (Å²) in [6, 6.07) is 5.48. The van der Waals surface area contributed by atoms with Gasteiger partial charge in [-0.1, -0.05) is 11.6 Å². The summed E-state index contributed by atoms with van der Waals surface area (Å²) < 4.78 is 55.0. The van der Waals surface area contributed by atoms with Crippen molar-refractivity contribution in [3.05, 3.63) is 52.3 Å². The zero-order valence-corrected chi connectivity index (χ0v) is 21.3. The molecule has 5 heterocycles. The summed E-state index contributed by atoms with van der Waals surface area (Å²) in [5, 5.41) is 9.58. The van der Waals surface area contributed by atoms with Crippen molar-refractivity contribution in [1.82, 2.24) is 29.6 Å². The molecule has 200 valence electrons. The lowest BCUT2D eigenvalue weighted by Crippen LogP contribution is -2.73. The molecule has 7 rings (SSSR count). The van der Waals surface area contributed by atoms with Gasteiger partial charge in [-0.05, 0) is 43.5 Å². The van der Waals surface area contributed by atoms with E-state index in [9.17, 15) is 17.6 Å². The molecule has 2 saturated heterocycles. The fourth-order valence-electron chi connectivity index (χ4n) is 6.23. The Morgan fingerprint density at radius 3 is 2.47 bits per heavy atom. The first kappa shape index (κ1) is 24.1. The van der Waals surface area contributed by atoms with Crippen LogP contribution in [0.5, 0.6) is 0 Å². The lowest BCUT2D eigenvalue weighted by atomic mass is 9.73. The van der Waals surface area contributed by atoms with E-state index >= 15 is 0 Å². The molecule has 8 nitrogen and oxygen atoms in total. The molecule has 0 N–H and O–H groups in total. The third-order valence-electron chi connectivity index (χ3n) is 8.38. The van der Waals surface area contributed by atoms with E-state index in [4.69, 9.17) is 11.6 Å². The molecular weight excluding hydrogens is 524 g/mol. The first-order chi connectivity index (χ1) is 18.1. The van der Waals surface area contributed by atoms with E-state index in [1.165, 1.54) is 6.20 Å². The summed E-state index contributed by atoms with van der Waals surface area (Å²) in [4.78, 5) is 14.7. The Bertz CT molecular complexity index is 1400. The second kappa shape index (κ2) is 8.25. The van der Waals surface area contributed by atoms with Gasteiger partial charge in [0.1, 0.15) is 0 Å². The number of fused-ring (bicyclic) bond motifs is 3. The smallest absolute Gasteiger partial charge is 0.339 e. The molecule has 1 aliphatic carbocycles. The van der Waals surface area contributed by atoms with Crippen LogP contribution >= 0.6 is 11.6 Å². The molecule has 0 bridgehead atoms. The average molecular weight is 549 g/mol. The van der Waals surface area contributed by atoms with Gasteiger partial charge in [0, 0.05) is 49.2 Å². The molecule has 2 aromatic heterocycles. The van der Waals surface area contributed by atoms with Crippen molar-refractivity contribution in [3.63, 3.8) is 0 Å². The zero-order valence-electron chi connectivity index (χ0n) is 20.6. The third-order valence-corrected chi connectivity index (χ3v) is 8.62. The fourth-order valence-corrected chi connectivity index (χ4v) is 6.42. The van der Waals surface area contributed by atoms with Gasteiger partial charge in [-0.25, -0.2) is 14.4 Å². The molecule has 0 atom stereocenters. The maximum absolute atomic E-state index is 13.6. The van der Waals surface area contributed by atoms with Crippen LogP contribution in [0.2, 0.25) is 5.02 Å². The normalized spacial score (nSPS) is 24.3. The molecule has 1 spiro atoms. The lowest BCUT2D eigenvalue weighted by Gasteiger charge is -2.60. The monoisotopic (exact) mass is 548 g/mol. The van der Waals surface area contributed by atoms with Crippen LogP contribution in [-0.4, -0.2) is 68.0 Å².